The predicted molar refractivity (Wildman–Crippen MR) is 71.1 cm³/mol. The summed E-state index contributed by atoms with van der Waals surface area (Å²) in [5, 5.41) is 3.72. The SMILES string of the molecule is CC1CCCCC1CNc1ncnc(N)c1Cl. The van der Waals surface area contributed by atoms with E-state index in [9.17, 15) is 0 Å². The lowest BCUT2D eigenvalue weighted by Crippen LogP contribution is -2.24. The average molecular weight is 255 g/mol. The molecule has 17 heavy (non-hydrogen) atoms. The van der Waals surface area contributed by atoms with Gasteiger partial charge in [-0.3, -0.25) is 0 Å². The summed E-state index contributed by atoms with van der Waals surface area (Å²) in [6.07, 6.45) is 6.74. The number of hydrogen-bond acceptors (Lipinski definition) is 4. The molecule has 3 N–H and O–H groups in total. The molecule has 94 valence electrons. The first-order valence-corrected chi connectivity index (χ1v) is 6.56. The molecule has 0 spiro atoms. The van der Waals surface area contributed by atoms with Crippen LogP contribution in [0.4, 0.5) is 11.6 Å². The quantitative estimate of drug-likeness (QED) is 0.871. The molecule has 0 amide bonds. The van der Waals surface area contributed by atoms with Crippen LogP contribution in [0.25, 0.3) is 0 Å². The second-order valence-electron chi connectivity index (χ2n) is 4.82. The van der Waals surface area contributed by atoms with E-state index in [1.807, 2.05) is 0 Å². The Morgan fingerprint density at radius 2 is 2.18 bits per heavy atom. The highest BCUT2D eigenvalue weighted by atomic mass is 35.5. The summed E-state index contributed by atoms with van der Waals surface area (Å²) in [4.78, 5) is 7.96. The van der Waals surface area contributed by atoms with Gasteiger partial charge in [-0.2, -0.15) is 0 Å². The lowest BCUT2D eigenvalue weighted by molar-refractivity contribution is 0.268. The minimum absolute atomic E-state index is 0.334. The Labute approximate surface area is 107 Å². The standard InChI is InChI=1S/C12H19ClN4/c1-8-4-2-3-5-9(8)6-15-12-10(13)11(14)16-7-17-12/h7-9H,2-6H2,1H3,(H3,14,15,16,17). The van der Waals surface area contributed by atoms with Crippen molar-refractivity contribution in [1.29, 1.82) is 0 Å². The van der Waals surface area contributed by atoms with E-state index in [0.717, 1.165) is 12.5 Å². The minimum atomic E-state index is 0.334. The largest absolute Gasteiger partial charge is 0.382 e. The van der Waals surface area contributed by atoms with Crippen LogP contribution in [0.1, 0.15) is 32.6 Å². The Bertz CT molecular complexity index is 383. The van der Waals surface area contributed by atoms with Crippen LogP contribution in [-0.2, 0) is 0 Å². The zero-order valence-corrected chi connectivity index (χ0v) is 10.9. The molecule has 1 aliphatic rings. The summed E-state index contributed by atoms with van der Waals surface area (Å²) in [5.74, 6) is 2.46. The molecule has 4 nitrogen and oxygen atoms in total. The molecular formula is C12H19ClN4. The first kappa shape index (κ1) is 12.4. The Morgan fingerprint density at radius 3 is 2.94 bits per heavy atom. The number of anilines is 2. The number of aromatic nitrogens is 2. The van der Waals surface area contributed by atoms with Crippen LogP contribution in [0.5, 0.6) is 0 Å². The smallest absolute Gasteiger partial charge is 0.150 e. The monoisotopic (exact) mass is 254 g/mol. The molecule has 0 bridgehead atoms. The van der Waals surface area contributed by atoms with Gasteiger partial charge in [-0.15, -0.1) is 0 Å². The highest BCUT2D eigenvalue weighted by molar-refractivity contribution is 6.35. The van der Waals surface area contributed by atoms with Gasteiger partial charge in [-0.05, 0) is 18.3 Å². The van der Waals surface area contributed by atoms with E-state index in [0.29, 0.717) is 22.6 Å². The third kappa shape index (κ3) is 3.00. The number of nitrogens with zero attached hydrogens (tertiary/aromatic N) is 2. The van der Waals surface area contributed by atoms with Gasteiger partial charge in [0.15, 0.2) is 0 Å². The van der Waals surface area contributed by atoms with Crippen molar-refractivity contribution < 1.29 is 0 Å². The van der Waals surface area contributed by atoms with Crippen LogP contribution in [0, 0.1) is 11.8 Å². The number of nitrogens with one attached hydrogen (secondary N) is 1. The molecule has 1 heterocycles. The maximum Gasteiger partial charge on any atom is 0.150 e. The number of nitrogen functional groups attached to an aromatic ring is 1. The molecule has 2 unspecified atom stereocenters. The fourth-order valence-electron chi connectivity index (χ4n) is 2.43. The molecule has 0 radical (unpaired) electrons. The van der Waals surface area contributed by atoms with Crippen molar-refractivity contribution >= 4 is 23.2 Å². The average Bonchev–Trinajstić information content (AvgIpc) is 2.33. The topological polar surface area (TPSA) is 63.8 Å². The summed E-state index contributed by atoms with van der Waals surface area (Å²) in [7, 11) is 0. The van der Waals surface area contributed by atoms with Gasteiger partial charge in [0.1, 0.15) is 23.0 Å². The molecule has 2 rings (SSSR count). The van der Waals surface area contributed by atoms with E-state index in [1.165, 1.54) is 32.0 Å². The molecule has 5 heteroatoms. The summed E-state index contributed by atoms with van der Waals surface area (Å²) >= 11 is 6.03. The molecule has 2 atom stereocenters. The highest BCUT2D eigenvalue weighted by Crippen LogP contribution is 2.30. The molecule has 1 saturated carbocycles. The second kappa shape index (κ2) is 5.54. The van der Waals surface area contributed by atoms with E-state index in [1.54, 1.807) is 0 Å². The fraction of sp³-hybridized carbons (Fsp3) is 0.667. The molecule has 1 aromatic heterocycles. The summed E-state index contributed by atoms with van der Waals surface area (Å²) in [6.45, 7) is 3.23. The number of rotatable bonds is 3. The summed E-state index contributed by atoms with van der Waals surface area (Å²) in [6, 6.07) is 0. The van der Waals surface area contributed by atoms with Gasteiger partial charge in [0.25, 0.3) is 0 Å². The molecule has 0 aliphatic heterocycles. The van der Waals surface area contributed by atoms with Gasteiger partial charge in [-0.1, -0.05) is 37.8 Å². The Hall–Kier alpha value is -1.03. The lowest BCUT2D eigenvalue weighted by Gasteiger charge is -2.29. The first-order valence-electron chi connectivity index (χ1n) is 6.18. The van der Waals surface area contributed by atoms with Crippen molar-refractivity contribution in [3.8, 4) is 0 Å². The van der Waals surface area contributed by atoms with Crippen LogP contribution in [0.3, 0.4) is 0 Å². The van der Waals surface area contributed by atoms with Gasteiger partial charge in [-0.25, -0.2) is 9.97 Å². The fourth-order valence-corrected chi connectivity index (χ4v) is 2.60. The predicted octanol–water partition coefficient (Wildman–Crippen LogP) is 2.95. The maximum atomic E-state index is 6.03. The van der Waals surface area contributed by atoms with Gasteiger partial charge in [0.05, 0.1) is 0 Å². The van der Waals surface area contributed by atoms with Gasteiger partial charge in [0.2, 0.25) is 0 Å². The van der Waals surface area contributed by atoms with E-state index >= 15 is 0 Å². The van der Waals surface area contributed by atoms with E-state index < -0.39 is 0 Å². The van der Waals surface area contributed by atoms with E-state index in [4.69, 9.17) is 17.3 Å². The van der Waals surface area contributed by atoms with Crippen molar-refractivity contribution in [3.63, 3.8) is 0 Å². The number of nitrogens with two attached hydrogens (primary N) is 1. The van der Waals surface area contributed by atoms with E-state index in [-0.39, 0.29) is 0 Å². The van der Waals surface area contributed by atoms with Crippen LogP contribution >= 0.6 is 11.6 Å². The van der Waals surface area contributed by atoms with Crippen molar-refractivity contribution in [2.24, 2.45) is 11.8 Å². The van der Waals surface area contributed by atoms with Crippen LogP contribution in [-0.4, -0.2) is 16.5 Å². The Morgan fingerprint density at radius 1 is 1.41 bits per heavy atom. The summed E-state index contributed by atoms with van der Waals surface area (Å²) in [5.41, 5.74) is 5.63. The zero-order chi connectivity index (χ0) is 12.3. The third-order valence-electron chi connectivity index (χ3n) is 3.64. The molecule has 1 aromatic rings. The Balaban J connectivity index is 1.95. The zero-order valence-electron chi connectivity index (χ0n) is 10.1. The van der Waals surface area contributed by atoms with Crippen LogP contribution in [0.15, 0.2) is 6.33 Å². The maximum absolute atomic E-state index is 6.03. The molecule has 1 aliphatic carbocycles. The van der Waals surface area contributed by atoms with Crippen molar-refractivity contribution in [3.05, 3.63) is 11.3 Å². The second-order valence-corrected chi connectivity index (χ2v) is 5.20. The third-order valence-corrected chi connectivity index (χ3v) is 4.01. The van der Waals surface area contributed by atoms with Crippen LogP contribution < -0.4 is 11.1 Å². The molecule has 0 saturated heterocycles. The first-order chi connectivity index (χ1) is 8.18. The van der Waals surface area contributed by atoms with Gasteiger partial charge < -0.3 is 11.1 Å². The minimum Gasteiger partial charge on any atom is -0.382 e. The van der Waals surface area contributed by atoms with Crippen molar-refractivity contribution in [2.45, 2.75) is 32.6 Å². The molecule has 0 aromatic carbocycles. The van der Waals surface area contributed by atoms with Crippen molar-refractivity contribution in [2.75, 3.05) is 17.6 Å². The van der Waals surface area contributed by atoms with Gasteiger partial charge in [0, 0.05) is 6.54 Å². The normalized spacial score (nSPS) is 24.6. The Kier molecular flexibility index (Phi) is 4.05. The number of hydrogen-bond donors (Lipinski definition) is 2. The lowest BCUT2D eigenvalue weighted by atomic mass is 9.80. The summed E-state index contributed by atoms with van der Waals surface area (Å²) < 4.78 is 0. The van der Waals surface area contributed by atoms with E-state index in [2.05, 4.69) is 22.2 Å². The van der Waals surface area contributed by atoms with Crippen molar-refractivity contribution in [1.82, 2.24) is 9.97 Å². The number of halogens is 1. The molecule has 1 fully saturated rings. The van der Waals surface area contributed by atoms with Crippen LogP contribution in [0.2, 0.25) is 5.02 Å². The molecular weight excluding hydrogens is 236 g/mol. The van der Waals surface area contributed by atoms with Gasteiger partial charge >= 0.3 is 0 Å². The highest BCUT2D eigenvalue weighted by Gasteiger charge is 2.21.